The Morgan fingerprint density at radius 3 is 2.55 bits per heavy atom. The molecule has 194 valence electrons. The third-order valence-electron chi connectivity index (χ3n) is 5.25. The van der Waals surface area contributed by atoms with Gasteiger partial charge >= 0.3 is 0 Å². The van der Waals surface area contributed by atoms with Crippen molar-refractivity contribution in [1.29, 1.82) is 5.26 Å². The lowest BCUT2D eigenvalue weighted by Crippen LogP contribution is -2.21. The zero-order valence-electron chi connectivity index (χ0n) is 20.7. The summed E-state index contributed by atoms with van der Waals surface area (Å²) in [6.45, 7) is 3.58. The first-order valence-electron chi connectivity index (χ1n) is 11.2. The van der Waals surface area contributed by atoms with Gasteiger partial charge in [0.15, 0.2) is 18.1 Å². The normalized spacial score (nSPS) is 10.8. The fourth-order valence-corrected chi connectivity index (χ4v) is 4.03. The van der Waals surface area contributed by atoms with Crippen molar-refractivity contribution in [2.24, 2.45) is 0 Å². The summed E-state index contributed by atoms with van der Waals surface area (Å²) in [5, 5.41) is 25.8. The van der Waals surface area contributed by atoms with Gasteiger partial charge in [-0.25, -0.2) is 0 Å². The van der Waals surface area contributed by atoms with E-state index in [2.05, 4.69) is 26.6 Å². The molecule has 2 N–H and O–H groups in total. The summed E-state index contributed by atoms with van der Waals surface area (Å²) in [7, 11) is 1.41. The van der Waals surface area contributed by atoms with E-state index in [1.54, 1.807) is 12.1 Å². The summed E-state index contributed by atoms with van der Waals surface area (Å²) in [5.41, 5.74) is 2.86. The minimum absolute atomic E-state index is 0.173. The quantitative estimate of drug-likeness (QED) is 0.147. The first-order valence-corrected chi connectivity index (χ1v) is 12.0. The van der Waals surface area contributed by atoms with Crippen molar-refractivity contribution in [2.75, 3.05) is 24.4 Å². The number of non-ortho nitro benzene ring substituents is 1. The number of hydrogen-bond acceptors (Lipinski definition) is 7. The highest BCUT2D eigenvalue weighted by Crippen LogP contribution is 2.37. The molecule has 10 nitrogen and oxygen atoms in total. The van der Waals surface area contributed by atoms with E-state index in [-0.39, 0.29) is 41.0 Å². The first-order chi connectivity index (χ1) is 18.1. The Labute approximate surface area is 227 Å². The van der Waals surface area contributed by atoms with E-state index in [0.717, 1.165) is 11.1 Å². The predicted molar refractivity (Wildman–Crippen MR) is 146 cm³/mol. The molecule has 0 aliphatic carbocycles. The molecule has 0 aliphatic heterocycles. The van der Waals surface area contributed by atoms with Gasteiger partial charge in [0.1, 0.15) is 11.6 Å². The number of carbonyl (C=O) groups is 2. The number of benzene rings is 3. The van der Waals surface area contributed by atoms with Crippen molar-refractivity contribution in [3.05, 3.63) is 91.4 Å². The maximum absolute atomic E-state index is 12.6. The number of rotatable bonds is 9. The van der Waals surface area contributed by atoms with Gasteiger partial charge in [0, 0.05) is 23.5 Å². The molecule has 3 aromatic carbocycles. The lowest BCUT2D eigenvalue weighted by Gasteiger charge is -2.14. The van der Waals surface area contributed by atoms with Crippen molar-refractivity contribution in [2.45, 2.75) is 13.8 Å². The molecule has 0 spiro atoms. The molecule has 2 amide bonds. The van der Waals surface area contributed by atoms with Crippen molar-refractivity contribution in [3.63, 3.8) is 0 Å². The molecular formula is C27H23BrN4O6. The predicted octanol–water partition coefficient (Wildman–Crippen LogP) is 5.55. The van der Waals surface area contributed by atoms with E-state index in [9.17, 15) is 25.0 Å². The number of halogens is 1. The number of hydrogen-bond donors (Lipinski definition) is 2. The highest BCUT2D eigenvalue weighted by Gasteiger charge is 2.16. The summed E-state index contributed by atoms with van der Waals surface area (Å²) in [4.78, 5) is 35.4. The van der Waals surface area contributed by atoms with Crippen LogP contribution in [0.15, 0.2) is 64.6 Å². The molecule has 0 saturated heterocycles. The number of aryl methyl sites for hydroxylation is 2. The molecule has 0 radical (unpaired) electrons. The highest BCUT2D eigenvalue weighted by molar-refractivity contribution is 9.10. The van der Waals surface area contributed by atoms with Gasteiger partial charge in [-0.05, 0) is 71.2 Å². The van der Waals surface area contributed by atoms with Crippen LogP contribution in [0.5, 0.6) is 11.5 Å². The summed E-state index contributed by atoms with van der Waals surface area (Å²) in [5.74, 6) is -0.577. The number of nitro groups is 1. The topological polar surface area (TPSA) is 144 Å². The van der Waals surface area contributed by atoms with Crippen molar-refractivity contribution >= 4 is 50.9 Å². The molecule has 0 atom stereocenters. The molecule has 0 aliphatic rings. The van der Waals surface area contributed by atoms with Crippen molar-refractivity contribution in [1.82, 2.24) is 0 Å². The first kappa shape index (κ1) is 27.9. The average molecular weight is 579 g/mol. The smallest absolute Gasteiger partial charge is 0.271 e. The van der Waals surface area contributed by atoms with Crippen LogP contribution in [0.3, 0.4) is 0 Å². The summed E-state index contributed by atoms with van der Waals surface area (Å²) < 4.78 is 11.5. The zero-order valence-corrected chi connectivity index (χ0v) is 22.3. The van der Waals surface area contributed by atoms with Crippen LogP contribution in [0.2, 0.25) is 0 Å². The van der Waals surface area contributed by atoms with E-state index < -0.39 is 10.8 Å². The molecule has 3 aromatic rings. The zero-order chi connectivity index (χ0) is 27.8. The minimum Gasteiger partial charge on any atom is -0.493 e. The summed E-state index contributed by atoms with van der Waals surface area (Å²) >= 11 is 3.39. The summed E-state index contributed by atoms with van der Waals surface area (Å²) in [6, 6.07) is 16.0. The van der Waals surface area contributed by atoms with Crippen molar-refractivity contribution in [3.8, 4) is 17.6 Å². The molecule has 0 heterocycles. The number of carbonyl (C=O) groups excluding carboxylic acids is 2. The third kappa shape index (κ3) is 7.18. The Morgan fingerprint density at radius 2 is 1.89 bits per heavy atom. The number of nitriles is 1. The average Bonchev–Trinajstić information content (AvgIpc) is 2.88. The van der Waals surface area contributed by atoms with Crippen LogP contribution in [0.25, 0.3) is 6.08 Å². The van der Waals surface area contributed by atoms with E-state index >= 15 is 0 Å². The SMILES string of the molecule is COc1cc(/C=C(/C#N)C(=O)Nc2cccc([N+](=O)[O-])c2)cc(Br)c1OCC(=O)Nc1ccc(C)cc1C. The van der Waals surface area contributed by atoms with Crippen LogP contribution in [0, 0.1) is 35.3 Å². The van der Waals surface area contributed by atoms with Crippen LogP contribution >= 0.6 is 15.9 Å². The van der Waals surface area contributed by atoms with Gasteiger partial charge < -0.3 is 20.1 Å². The van der Waals surface area contributed by atoms with Crippen molar-refractivity contribution < 1.29 is 24.0 Å². The Bertz CT molecular complexity index is 1480. The van der Waals surface area contributed by atoms with E-state index in [0.29, 0.717) is 15.7 Å². The molecule has 0 bridgehead atoms. The number of anilines is 2. The van der Waals surface area contributed by atoms with Gasteiger partial charge in [0.25, 0.3) is 17.5 Å². The second kappa shape index (κ2) is 12.5. The molecular weight excluding hydrogens is 556 g/mol. The van der Waals surface area contributed by atoms with Gasteiger partial charge in [-0.1, -0.05) is 23.8 Å². The number of ether oxygens (including phenoxy) is 2. The largest absolute Gasteiger partial charge is 0.493 e. The fourth-order valence-electron chi connectivity index (χ4n) is 3.45. The molecule has 0 saturated carbocycles. The Balaban J connectivity index is 1.75. The van der Waals surface area contributed by atoms with Gasteiger partial charge in [-0.3, -0.25) is 19.7 Å². The maximum atomic E-state index is 12.6. The van der Waals surface area contributed by atoms with Crippen LogP contribution in [-0.2, 0) is 9.59 Å². The van der Waals surface area contributed by atoms with Gasteiger partial charge in [0.05, 0.1) is 16.5 Å². The Hall–Kier alpha value is -4.69. The lowest BCUT2D eigenvalue weighted by molar-refractivity contribution is -0.384. The number of amides is 2. The fraction of sp³-hybridized carbons (Fsp3) is 0.148. The van der Waals surface area contributed by atoms with E-state index in [1.807, 2.05) is 38.1 Å². The van der Waals surface area contributed by atoms with E-state index in [1.165, 1.54) is 37.5 Å². The Kier molecular flexibility index (Phi) is 9.18. The second-order valence-corrected chi connectivity index (χ2v) is 8.98. The number of nitrogens with zero attached hydrogens (tertiary/aromatic N) is 2. The van der Waals surface area contributed by atoms with Gasteiger partial charge in [0.2, 0.25) is 0 Å². The van der Waals surface area contributed by atoms with Crippen LogP contribution in [-0.4, -0.2) is 30.5 Å². The second-order valence-electron chi connectivity index (χ2n) is 8.12. The molecule has 0 fully saturated rings. The number of nitrogens with one attached hydrogen (secondary N) is 2. The number of methoxy groups -OCH3 is 1. The molecule has 0 unspecified atom stereocenters. The third-order valence-corrected chi connectivity index (χ3v) is 5.84. The maximum Gasteiger partial charge on any atom is 0.271 e. The van der Waals surface area contributed by atoms with E-state index in [4.69, 9.17) is 9.47 Å². The molecule has 3 rings (SSSR count). The van der Waals surface area contributed by atoms with Crippen LogP contribution in [0.4, 0.5) is 17.1 Å². The Morgan fingerprint density at radius 1 is 1.13 bits per heavy atom. The monoisotopic (exact) mass is 578 g/mol. The van der Waals surface area contributed by atoms with Gasteiger partial charge in [-0.15, -0.1) is 0 Å². The molecule has 11 heteroatoms. The molecule has 38 heavy (non-hydrogen) atoms. The standard InChI is InChI=1S/C27H23BrN4O6/c1-16-7-8-23(17(2)9-16)31-25(33)15-38-26-22(28)11-18(12-24(26)37-3)10-19(14-29)27(34)30-20-5-4-6-21(13-20)32(35)36/h4-13H,15H2,1-3H3,(H,30,34)(H,31,33)/b19-10-. The minimum atomic E-state index is -0.744. The van der Waals surface area contributed by atoms with Crippen LogP contribution in [0.1, 0.15) is 16.7 Å². The molecule has 0 aromatic heterocycles. The summed E-state index contributed by atoms with van der Waals surface area (Å²) in [6.07, 6.45) is 1.33. The highest BCUT2D eigenvalue weighted by atomic mass is 79.9. The van der Waals surface area contributed by atoms with Crippen LogP contribution < -0.4 is 20.1 Å². The number of nitro benzene ring substituents is 1. The lowest BCUT2D eigenvalue weighted by atomic mass is 10.1. The van der Waals surface area contributed by atoms with Gasteiger partial charge in [-0.2, -0.15) is 5.26 Å².